The highest BCUT2D eigenvalue weighted by Crippen LogP contribution is 2.26. The van der Waals surface area contributed by atoms with Gasteiger partial charge in [-0.25, -0.2) is 0 Å². The molecule has 1 saturated carbocycles. The topological polar surface area (TPSA) is 21.3 Å². The van der Waals surface area contributed by atoms with Crippen molar-refractivity contribution in [3.05, 3.63) is 0 Å². The summed E-state index contributed by atoms with van der Waals surface area (Å²) >= 11 is 0. The molecule has 1 N–H and O–H groups in total. The third kappa shape index (κ3) is 4.06. The highest BCUT2D eigenvalue weighted by Gasteiger charge is 2.19. The Morgan fingerprint density at radius 3 is 2.62 bits per heavy atom. The zero-order chi connectivity index (χ0) is 11.2. The molecule has 1 atom stereocenters. The van der Waals surface area contributed by atoms with Crippen LogP contribution in [0.2, 0.25) is 0 Å². The molecule has 1 aliphatic heterocycles. The first kappa shape index (κ1) is 12.4. The van der Waals surface area contributed by atoms with Gasteiger partial charge in [-0.05, 0) is 69.9 Å². The molecule has 0 bridgehead atoms. The maximum absolute atomic E-state index is 6.01. The Morgan fingerprint density at radius 2 is 1.94 bits per heavy atom. The summed E-state index contributed by atoms with van der Waals surface area (Å²) in [7, 11) is 0. The van der Waals surface area contributed by atoms with Crippen LogP contribution in [0.15, 0.2) is 0 Å². The molecule has 0 aromatic carbocycles. The Bertz CT molecular complexity index is 181. The van der Waals surface area contributed by atoms with Gasteiger partial charge < -0.3 is 10.1 Å². The summed E-state index contributed by atoms with van der Waals surface area (Å²) in [5.74, 6) is 1.80. The smallest absolute Gasteiger partial charge is 0.0575 e. The first-order chi connectivity index (χ1) is 7.84. The summed E-state index contributed by atoms with van der Waals surface area (Å²) in [4.78, 5) is 0. The molecule has 0 aromatic heterocycles. The van der Waals surface area contributed by atoms with E-state index >= 15 is 0 Å². The first-order valence-corrected chi connectivity index (χ1v) is 7.17. The Morgan fingerprint density at radius 1 is 1.12 bits per heavy atom. The van der Waals surface area contributed by atoms with E-state index in [9.17, 15) is 0 Å². The second-order valence-electron chi connectivity index (χ2n) is 5.75. The summed E-state index contributed by atoms with van der Waals surface area (Å²) in [6.45, 7) is 5.79. The quantitative estimate of drug-likeness (QED) is 0.794. The minimum atomic E-state index is 0.577. The van der Waals surface area contributed by atoms with E-state index in [1.807, 2.05) is 0 Å². The number of hydrogen-bond acceptors (Lipinski definition) is 2. The van der Waals surface area contributed by atoms with Crippen molar-refractivity contribution in [2.45, 2.75) is 58.0 Å². The third-order valence-corrected chi connectivity index (χ3v) is 4.24. The van der Waals surface area contributed by atoms with Crippen molar-refractivity contribution in [1.82, 2.24) is 5.32 Å². The summed E-state index contributed by atoms with van der Waals surface area (Å²) < 4.78 is 6.01. The van der Waals surface area contributed by atoms with E-state index in [1.165, 1.54) is 58.0 Å². The molecule has 2 nitrogen and oxygen atoms in total. The van der Waals surface area contributed by atoms with Crippen molar-refractivity contribution in [1.29, 1.82) is 0 Å². The second-order valence-corrected chi connectivity index (χ2v) is 5.75. The summed E-state index contributed by atoms with van der Waals surface area (Å²) in [6, 6.07) is 0. The molecule has 0 aromatic rings. The molecule has 1 unspecified atom stereocenters. The van der Waals surface area contributed by atoms with E-state index in [0.717, 1.165) is 18.4 Å². The van der Waals surface area contributed by atoms with E-state index in [-0.39, 0.29) is 0 Å². The van der Waals surface area contributed by atoms with Gasteiger partial charge in [-0.1, -0.05) is 6.92 Å². The Labute approximate surface area is 100 Å². The van der Waals surface area contributed by atoms with Gasteiger partial charge in [0.15, 0.2) is 0 Å². The molecule has 2 aliphatic rings. The van der Waals surface area contributed by atoms with Gasteiger partial charge in [0, 0.05) is 6.61 Å². The highest BCUT2D eigenvalue weighted by molar-refractivity contribution is 4.71. The lowest BCUT2D eigenvalue weighted by atomic mass is 9.89. The Kier molecular flexibility index (Phi) is 5.11. The molecular formula is C14H27NO. The number of piperidine rings is 1. The maximum Gasteiger partial charge on any atom is 0.0575 e. The van der Waals surface area contributed by atoms with Crippen molar-refractivity contribution >= 4 is 0 Å². The van der Waals surface area contributed by atoms with Crippen LogP contribution in [-0.4, -0.2) is 25.8 Å². The first-order valence-electron chi connectivity index (χ1n) is 7.17. The SMILES string of the molecule is CC1CCC(OCCC2CCCNC2)CC1. The van der Waals surface area contributed by atoms with Crippen LogP contribution in [0.4, 0.5) is 0 Å². The van der Waals surface area contributed by atoms with E-state index in [1.54, 1.807) is 0 Å². The van der Waals surface area contributed by atoms with Crippen molar-refractivity contribution in [3.8, 4) is 0 Å². The number of rotatable bonds is 4. The lowest BCUT2D eigenvalue weighted by Crippen LogP contribution is -2.31. The fourth-order valence-electron chi connectivity index (χ4n) is 2.97. The molecule has 2 fully saturated rings. The van der Waals surface area contributed by atoms with Gasteiger partial charge in [0.25, 0.3) is 0 Å². The molecule has 0 spiro atoms. The second kappa shape index (κ2) is 6.61. The Hall–Kier alpha value is -0.0800. The Balaban J connectivity index is 1.53. The molecule has 0 radical (unpaired) electrons. The average molecular weight is 225 g/mol. The minimum Gasteiger partial charge on any atom is -0.378 e. The van der Waals surface area contributed by atoms with E-state index in [4.69, 9.17) is 4.74 Å². The molecule has 0 amide bonds. The standard InChI is InChI=1S/C14H27NO/c1-12-4-6-14(7-5-12)16-10-8-13-3-2-9-15-11-13/h12-15H,2-11H2,1H3. The largest absolute Gasteiger partial charge is 0.378 e. The fourth-order valence-corrected chi connectivity index (χ4v) is 2.97. The van der Waals surface area contributed by atoms with Crippen LogP contribution in [0, 0.1) is 11.8 Å². The third-order valence-electron chi connectivity index (χ3n) is 4.24. The lowest BCUT2D eigenvalue weighted by Gasteiger charge is -2.28. The van der Waals surface area contributed by atoms with E-state index in [0.29, 0.717) is 6.10 Å². The van der Waals surface area contributed by atoms with Gasteiger partial charge in [-0.15, -0.1) is 0 Å². The van der Waals surface area contributed by atoms with Gasteiger partial charge in [0.1, 0.15) is 0 Å². The van der Waals surface area contributed by atoms with Gasteiger partial charge in [-0.3, -0.25) is 0 Å². The van der Waals surface area contributed by atoms with Crippen molar-refractivity contribution in [3.63, 3.8) is 0 Å². The fraction of sp³-hybridized carbons (Fsp3) is 1.00. The van der Waals surface area contributed by atoms with Crippen LogP contribution >= 0.6 is 0 Å². The molecule has 2 rings (SSSR count). The molecule has 1 saturated heterocycles. The predicted molar refractivity (Wildman–Crippen MR) is 67.6 cm³/mol. The van der Waals surface area contributed by atoms with E-state index < -0.39 is 0 Å². The summed E-state index contributed by atoms with van der Waals surface area (Å²) in [5.41, 5.74) is 0. The van der Waals surface area contributed by atoms with Crippen molar-refractivity contribution in [2.24, 2.45) is 11.8 Å². The van der Waals surface area contributed by atoms with Gasteiger partial charge in [0.05, 0.1) is 6.10 Å². The highest BCUT2D eigenvalue weighted by atomic mass is 16.5. The van der Waals surface area contributed by atoms with E-state index in [2.05, 4.69) is 12.2 Å². The maximum atomic E-state index is 6.01. The summed E-state index contributed by atoms with van der Waals surface area (Å²) in [6.07, 6.45) is 9.93. The van der Waals surface area contributed by atoms with Crippen LogP contribution in [-0.2, 0) is 4.74 Å². The normalized spacial score (nSPS) is 36.2. The number of ether oxygens (including phenoxy) is 1. The predicted octanol–water partition coefficient (Wildman–Crippen LogP) is 2.97. The molecule has 1 heterocycles. The number of hydrogen-bond donors (Lipinski definition) is 1. The molecule has 16 heavy (non-hydrogen) atoms. The monoisotopic (exact) mass is 225 g/mol. The van der Waals surface area contributed by atoms with Gasteiger partial charge >= 0.3 is 0 Å². The average Bonchev–Trinajstić information content (AvgIpc) is 2.33. The molecule has 2 heteroatoms. The van der Waals surface area contributed by atoms with Crippen LogP contribution in [0.25, 0.3) is 0 Å². The van der Waals surface area contributed by atoms with Crippen LogP contribution in [0.1, 0.15) is 51.9 Å². The van der Waals surface area contributed by atoms with Crippen molar-refractivity contribution < 1.29 is 4.74 Å². The molecular weight excluding hydrogens is 198 g/mol. The van der Waals surface area contributed by atoms with Crippen LogP contribution in [0.5, 0.6) is 0 Å². The van der Waals surface area contributed by atoms with Crippen LogP contribution < -0.4 is 5.32 Å². The van der Waals surface area contributed by atoms with Crippen LogP contribution in [0.3, 0.4) is 0 Å². The van der Waals surface area contributed by atoms with Gasteiger partial charge in [0.2, 0.25) is 0 Å². The molecule has 1 aliphatic carbocycles. The minimum absolute atomic E-state index is 0.577. The lowest BCUT2D eigenvalue weighted by molar-refractivity contribution is 0.0121. The van der Waals surface area contributed by atoms with Crippen molar-refractivity contribution in [2.75, 3.05) is 19.7 Å². The number of nitrogens with one attached hydrogen (secondary N) is 1. The van der Waals surface area contributed by atoms with Gasteiger partial charge in [-0.2, -0.15) is 0 Å². The molecule has 94 valence electrons. The summed E-state index contributed by atoms with van der Waals surface area (Å²) in [5, 5.41) is 3.47. The zero-order valence-corrected chi connectivity index (χ0v) is 10.7. The zero-order valence-electron chi connectivity index (χ0n) is 10.7.